The molecule has 0 aliphatic heterocycles. The molecule has 2 heterocycles. The Morgan fingerprint density at radius 2 is 1.81 bits per heavy atom. The van der Waals surface area contributed by atoms with Crippen molar-refractivity contribution in [2.75, 3.05) is 5.32 Å². The number of benzene rings is 2. The Hall–Kier alpha value is -3.78. The number of hydrogen-bond donors (Lipinski definition) is 1. The van der Waals surface area contributed by atoms with E-state index in [1.165, 1.54) is 22.8 Å². The Morgan fingerprint density at radius 3 is 2.53 bits per heavy atom. The van der Waals surface area contributed by atoms with Crippen molar-refractivity contribution < 1.29 is 9.59 Å². The highest BCUT2D eigenvalue weighted by molar-refractivity contribution is 7.17. The Labute approximate surface area is 187 Å². The van der Waals surface area contributed by atoms with Gasteiger partial charge in [-0.1, -0.05) is 29.8 Å². The molecule has 0 fully saturated rings. The van der Waals surface area contributed by atoms with Gasteiger partial charge in [-0.3, -0.25) is 19.0 Å². The van der Waals surface area contributed by atoms with Gasteiger partial charge in [-0.05, 0) is 56.0 Å². The maximum atomic E-state index is 13.4. The second kappa shape index (κ2) is 8.39. The van der Waals surface area contributed by atoms with Crippen molar-refractivity contribution in [1.82, 2.24) is 9.13 Å². The van der Waals surface area contributed by atoms with Crippen LogP contribution in [0.3, 0.4) is 0 Å². The number of fused-ring (bicyclic) bond motifs is 1. The third-order valence-corrected chi connectivity index (χ3v) is 6.09. The molecule has 2 aromatic heterocycles. The van der Waals surface area contributed by atoms with E-state index in [1.807, 2.05) is 26.0 Å². The normalized spacial score (nSPS) is 11.0. The molecule has 2 aromatic carbocycles. The zero-order valence-electron chi connectivity index (χ0n) is 17.8. The van der Waals surface area contributed by atoms with Crippen molar-refractivity contribution in [3.05, 3.63) is 91.4 Å². The van der Waals surface area contributed by atoms with E-state index in [0.717, 1.165) is 15.7 Å². The van der Waals surface area contributed by atoms with Crippen LogP contribution in [0.1, 0.15) is 28.4 Å². The van der Waals surface area contributed by atoms with E-state index >= 15 is 0 Å². The van der Waals surface area contributed by atoms with Gasteiger partial charge in [-0.25, -0.2) is 9.36 Å². The van der Waals surface area contributed by atoms with Crippen molar-refractivity contribution >= 4 is 38.9 Å². The molecule has 1 N–H and O–H groups in total. The zero-order chi connectivity index (χ0) is 23.0. The predicted octanol–water partition coefficient (Wildman–Crippen LogP) is 3.67. The highest BCUT2D eigenvalue weighted by Gasteiger charge is 2.18. The monoisotopic (exact) mass is 447 g/mol. The lowest BCUT2D eigenvalue weighted by molar-refractivity contribution is -0.116. The number of thiophene rings is 1. The van der Waals surface area contributed by atoms with Gasteiger partial charge in [0.2, 0.25) is 5.91 Å². The van der Waals surface area contributed by atoms with Gasteiger partial charge in [0, 0.05) is 11.3 Å². The number of rotatable bonds is 5. The minimum atomic E-state index is -0.583. The van der Waals surface area contributed by atoms with Crippen LogP contribution < -0.4 is 16.6 Å². The molecule has 1 amide bonds. The van der Waals surface area contributed by atoms with Gasteiger partial charge in [0.15, 0.2) is 5.78 Å². The van der Waals surface area contributed by atoms with Crippen molar-refractivity contribution in [3.8, 4) is 5.69 Å². The summed E-state index contributed by atoms with van der Waals surface area (Å²) in [7, 11) is 0. The second-order valence-corrected chi connectivity index (χ2v) is 8.54. The van der Waals surface area contributed by atoms with Gasteiger partial charge < -0.3 is 5.32 Å². The van der Waals surface area contributed by atoms with Crippen molar-refractivity contribution in [1.29, 1.82) is 0 Å². The molecule has 7 nitrogen and oxygen atoms in total. The molecule has 0 saturated carbocycles. The van der Waals surface area contributed by atoms with Crippen LogP contribution in [-0.2, 0) is 11.3 Å². The average Bonchev–Trinajstić information content (AvgIpc) is 3.23. The number of carbonyl (C=O) groups excluding carboxylic acids is 2. The number of hydrogen-bond acceptors (Lipinski definition) is 5. The van der Waals surface area contributed by atoms with Crippen LogP contribution in [-0.4, -0.2) is 20.8 Å². The number of amides is 1. The van der Waals surface area contributed by atoms with Crippen LogP contribution in [0.5, 0.6) is 0 Å². The van der Waals surface area contributed by atoms with Gasteiger partial charge >= 0.3 is 5.69 Å². The minimum absolute atomic E-state index is 0.113. The van der Waals surface area contributed by atoms with Crippen molar-refractivity contribution in [2.45, 2.75) is 27.3 Å². The number of carbonyl (C=O) groups is 2. The molecule has 0 spiro atoms. The smallest absolute Gasteiger partial charge is 0.325 e. The summed E-state index contributed by atoms with van der Waals surface area (Å²) in [6.07, 6.45) is 0. The summed E-state index contributed by atoms with van der Waals surface area (Å²) in [4.78, 5) is 50.9. The molecule has 0 bridgehead atoms. The van der Waals surface area contributed by atoms with Crippen LogP contribution >= 0.6 is 11.3 Å². The zero-order valence-corrected chi connectivity index (χ0v) is 18.7. The third-order valence-electron chi connectivity index (χ3n) is 5.20. The molecule has 0 radical (unpaired) electrons. The summed E-state index contributed by atoms with van der Waals surface area (Å²) in [5.41, 5.74) is 2.66. The maximum Gasteiger partial charge on any atom is 0.336 e. The lowest BCUT2D eigenvalue weighted by atomic mass is 10.1. The topological polar surface area (TPSA) is 90.2 Å². The standard InChI is InChI=1S/C24H21N3O4S/c1-14-7-8-19(15(2)11-14)27-23(30)22-20(9-10-32-22)26(24(27)31)13-21(29)25-18-6-4-5-17(12-18)16(3)28/h4-12H,13H2,1-3H3,(H,25,29). The van der Waals surface area contributed by atoms with E-state index < -0.39 is 17.2 Å². The number of aromatic nitrogens is 2. The molecule has 32 heavy (non-hydrogen) atoms. The molecule has 0 aliphatic rings. The number of anilines is 1. The largest absolute Gasteiger partial charge is 0.336 e. The first-order chi connectivity index (χ1) is 15.3. The Balaban J connectivity index is 1.78. The van der Waals surface area contributed by atoms with Crippen molar-refractivity contribution in [2.24, 2.45) is 0 Å². The van der Waals surface area contributed by atoms with Crippen LogP contribution in [0.2, 0.25) is 0 Å². The molecule has 4 rings (SSSR count). The van der Waals surface area contributed by atoms with Crippen LogP contribution in [0.4, 0.5) is 5.69 Å². The number of aryl methyl sites for hydroxylation is 2. The summed E-state index contributed by atoms with van der Waals surface area (Å²) >= 11 is 1.23. The van der Waals surface area contributed by atoms with E-state index in [4.69, 9.17) is 0 Å². The summed E-state index contributed by atoms with van der Waals surface area (Å²) in [5.74, 6) is -0.552. The van der Waals surface area contributed by atoms with Crippen LogP contribution in [0.25, 0.3) is 15.9 Å². The van der Waals surface area contributed by atoms with Gasteiger partial charge in [0.25, 0.3) is 5.56 Å². The number of nitrogens with one attached hydrogen (secondary N) is 1. The Bertz CT molecular complexity index is 1490. The van der Waals surface area contributed by atoms with E-state index in [9.17, 15) is 19.2 Å². The Morgan fingerprint density at radius 1 is 1.03 bits per heavy atom. The molecule has 162 valence electrons. The minimum Gasteiger partial charge on any atom is -0.325 e. The molecule has 0 saturated heterocycles. The highest BCUT2D eigenvalue weighted by atomic mass is 32.1. The first-order valence-corrected chi connectivity index (χ1v) is 10.9. The fourth-order valence-electron chi connectivity index (χ4n) is 3.67. The highest BCUT2D eigenvalue weighted by Crippen LogP contribution is 2.19. The SMILES string of the molecule is CC(=O)c1cccc(NC(=O)Cn2c(=O)n(-c3ccc(C)cc3C)c(=O)c3sccc32)c1. The number of ketones is 1. The fraction of sp³-hybridized carbons (Fsp3) is 0.167. The quantitative estimate of drug-likeness (QED) is 0.473. The van der Waals surface area contributed by atoms with E-state index in [0.29, 0.717) is 27.2 Å². The van der Waals surface area contributed by atoms with Gasteiger partial charge in [-0.15, -0.1) is 11.3 Å². The van der Waals surface area contributed by atoms with E-state index in [-0.39, 0.29) is 12.3 Å². The Kier molecular flexibility index (Phi) is 5.63. The maximum absolute atomic E-state index is 13.4. The molecular formula is C24H21N3O4S. The van der Waals surface area contributed by atoms with Crippen molar-refractivity contribution in [3.63, 3.8) is 0 Å². The van der Waals surface area contributed by atoms with E-state index in [2.05, 4.69) is 5.32 Å². The fourth-order valence-corrected chi connectivity index (χ4v) is 4.49. The molecule has 0 aliphatic carbocycles. The predicted molar refractivity (Wildman–Crippen MR) is 126 cm³/mol. The van der Waals surface area contributed by atoms with Crippen LogP contribution in [0.15, 0.2) is 63.5 Å². The average molecular weight is 448 g/mol. The molecule has 4 aromatic rings. The molecule has 0 atom stereocenters. The first kappa shape index (κ1) is 21.5. The van der Waals surface area contributed by atoms with Gasteiger partial charge in [0.1, 0.15) is 11.2 Å². The van der Waals surface area contributed by atoms with E-state index in [1.54, 1.807) is 41.8 Å². The van der Waals surface area contributed by atoms with Gasteiger partial charge in [-0.2, -0.15) is 0 Å². The molecule has 0 unspecified atom stereocenters. The summed E-state index contributed by atoms with van der Waals surface area (Å²) in [6.45, 7) is 4.95. The number of Topliss-reactive ketones (excluding diaryl/α,β-unsaturated/α-hetero) is 1. The lowest BCUT2D eigenvalue weighted by Crippen LogP contribution is -2.40. The third kappa shape index (κ3) is 3.92. The molecule has 8 heteroatoms. The molecular weight excluding hydrogens is 426 g/mol. The summed E-state index contributed by atoms with van der Waals surface area (Å²) < 4.78 is 2.82. The number of nitrogens with zero attached hydrogens (tertiary/aromatic N) is 2. The summed E-state index contributed by atoms with van der Waals surface area (Å²) in [6, 6.07) is 13.7. The van der Waals surface area contributed by atoms with Gasteiger partial charge in [0.05, 0.1) is 11.2 Å². The lowest BCUT2D eigenvalue weighted by Gasteiger charge is -2.14. The second-order valence-electron chi connectivity index (χ2n) is 7.62. The summed E-state index contributed by atoms with van der Waals surface area (Å²) in [5, 5.41) is 4.45. The first-order valence-electron chi connectivity index (χ1n) is 9.98. The van der Waals surface area contributed by atoms with Crippen LogP contribution in [0, 0.1) is 13.8 Å².